The molecule has 2 aromatic carbocycles. The first kappa shape index (κ1) is 18.7. The van der Waals surface area contributed by atoms with Crippen molar-refractivity contribution in [3.05, 3.63) is 77.5 Å². The van der Waals surface area contributed by atoms with Crippen molar-refractivity contribution in [1.29, 1.82) is 0 Å². The molecule has 0 fully saturated rings. The summed E-state index contributed by atoms with van der Waals surface area (Å²) in [7, 11) is 1.62. The van der Waals surface area contributed by atoms with Crippen molar-refractivity contribution < 1.29 is 13.2 Å². The smallest absolute Gasteiger partial charge is 0.352 e. The summed E-state index contributed by atoms with van der Waals surface area (Å²) >= 11 is 0. The van der Waals surface area contributed by atoms with E-state index in [0.29, 0.717) is 18.1 Å². The van der Waals surface area contributed by atoms with Gasteiger partial charge in [-0.1, -0.05) is 30.3 Å². The number of rotatable bonds is 4. The molecule has 0 unspecified atom stereocenters. The van der Waals surface area contributed by atoms with E-state index in [1.807, 2.05) is 30.3 Å². The second kappa shape index (κ2) is 8.07. The fourth-order valence-corrected chi connectivity index (χ4v) is 2.75. The van der Waals surface area contributed by atoms with Crippen LogP contribution in [-0.4, -0.2) is 18.0 Å². The molecule has 0 aliphatic heterocycles. The zero-order valence-electron chi connectivity index (χ0n) is 14.7. The number of benzene rings is 2. The summed E-state index contributed by atoms with van der Waals surface area (Å²) < 4.78 is 38.4. The van der Waals surface area contributed by atoms with Crippen LogP contribution >= 0.6 is 0 Å². The molecule has 0 aliphatic rings. The fourth-order valence-electron chi connectivity index (χ4n) is 2.75. The maximum Gasteiger partial charge on any atom is 0.416 e. The lowest BCUT2D eigenvalue weighted by molar-refractivity contribution is -0.137. The number of guanidine groups is 1. The van der Waals surface area contributed by atoms with Gasteiger partial charge < -0.3 is 10.6 Å². The molecule has 0 bridgehead atoms. The maximum atomic E-state index is 12.8. The fraction of sp³-hybridized carbons (Fsp3) is 0.200. The molecular formula is C20H19F3N4. The Kier molecular flexibility index (Phi) is 5.59. The highest BCUT2D eigenvalue weighted by molar-refractivity contribution is 5.83. The minimum Gasteiger partial charge on any atom is -0.352 e. The second-order valence-electron chi connectivity index (χ2n) is 5.96. The van der Waals surface area contributed by atoms with Crippen LogP contribution in [0.25, 0.3) is 10.9 Å². The van der Waals surface area contributed by atoms with Crippen LogP contribution in [0.3, 0.4) is 0 Å². The third-order valence-corrected chi connectivity index (χ3v) is 4.12. The third-order valence-electron chi connectivity index (χ3n) is 4.12. The van der Waals surface area contributed by atoms with Gasteiger partial charge in [-0.05, 0) is 35.4 Å². The summed E-state index contributed by atoms with van der Waals surface area (Å²) in [6.45, 7) is 0.756. The average molecular weight is 372 g/mol. The van der Waals surface area contributed by atoms with E-state index in [9.17, 15) is 13.2 Å². The van der Waals surface area contributed by atoms with Gasteiger partial charge in [0.1, 0.15) is 0 Å². The lowest BCUT2D eigenvalue weighted by Crippen LogP contribution is -2.36. The van der Waals surface area contributed by atoms with Crippen LogP contribution in [0.15, 0.2) is 65.8 Å². The van der Waals surface area contributed by atoms with Gasteiger partial charge in [0.15, 0.2) is 5.96 Å². The number of aromatic nitrogens is 1. The van der Waals surface area contributed by atoms with Crippen molar-refractivity contribution in [2.75, 3.05) is 7.05 Å². The Morgan fingerprint density at radius 1 is 1.00 bits per heavy atom. The minimum absolute atomic E-state index is 0.237. The molecule has 27 heavy (non-hydrogen) atoms. The molecule has 0 aliphatic carbocycles. The third kappa shape index (κ3) is 4.75. The molecule has 0 amide bonds. The number of hydrogen-bond donors (Lipinski definition) is 2. The first-order valence-corrected chi connectivity index (χ1v) is 8.40. The van der Waals surface area contributed by atoms with Crippen molar-refractivity contribution in [2.45, 2.75) is 19.3 Å². The molecule has 2 N–H and O–H groups in total. The standard InChI is InChI=1S/C20H19F3N4/c1-24-19(26-12-14-5-4-6-16(11-14)20(21,22)23)27-13-15-9-10-25-18-8-3-2-7-17(15)18/h2-11H,12-13H2,1H3,(H2,24,26,27). The van der Waals surface area contributed by atoms with Crippen molar-refractivity contribution in [2.24, 2.45) is 4.99 Å². The Hall–Kier alpha value is -3.09. The zero-order valence-corrected chi connectivity index (χ0v) is 14.7. The van der Waals surface area contributed by atoms with Crippen LogP contribution in [0.5, 0.6) is 0 Å². The predicted molar refractivity (Wildman–Crippen MR) is 100 cm³/mol. The number of halogens is 3. The van der Waals surface area contributed by atoms with Crippen molar-refractivity contribution in [3.8, 4) is 0 Å². The van der Waals surface area contributed by atoms with Gasteiger partial charge in [-0.2, -0.15) is 13.2 Å². The average Bonchev–Trinajstić information content (AvgIpc) is 2.68. The van der Waals surface area contributed by atoms with Gasteiger partial charge in [-0.25, -0.2) is 0 Å². The predicted octanol–water partition coefficient (Wildman–Crippen LogP) is 4.12. The van der Waals surface area contributed by atoms with Crippen LogP contribution in [0.1, 0.15) is 16.7 Å². The Morgan fingerprint density at radius 2 is 1.78 bits per heavy atom. The summed E-state index contributed by atoms with van der Waals surface area (Å²) in [5.74, 6) is 0.508. The van der Waals surface area contributed by atoms with E-state index < -0.39 is 11.7 Å². The first-order valence-electron chi connectivity index (χ1n) is 8.40. The quantitative estimate of drug-likeness (QED) is 0.535. The number of alkyl halides is 3. The summed E-state index contributed by atoms with van der Waals surface area (Å²) in [4.78, 5) is 8.45. The molecule has 1 heterocycles. The van der Waals surface area contributed by atoms with E-state index in [0.717, 1.165) is 28.6 Å². The van der Waals surface area contributed by atoms with Gasteiger partial charge in [-0.15, -0.1) is 0 Å². The molecule has 0 saturated heterocycles. The van der Waals surface area contributed by atoms with Crippen LogP contribution in [0.4, 0.5) is 13.2 Å². The highest BCUT2D eigenvalue weighted by Gasteiger charge is 2.30. The van der Waals surface area contributed by atoms with Gasteiger partial charge in [0.25, 0.3) is 0 Å². The molecule has 7 heteroatoms. The number of nitrogens with one attached hydrogen (secondary N) is 2. The van der Waals surface area contributed by atoms with E-state index in [2.05, 4.69) is 20.6 Å². The molecule has 0 saturated carbocycles. The lowest BCUT2D eigenvalue weighted by atomic mass is 10.1. The number of nitrogens with zero attached hydrogens (tertiary/aromatic N) is 2. The normalized spacial score (nSPS) is 12.2. The Labute approximate surface area is 155 Å². The van der Waals surface area contributed by atoms with Crippen molar-refractivity contribution in [1.82, 2.24) is 15.6 Å². The minimum atomic E-state index is -4.35. The Balaban J connectivity index is 1.63. The van der Waals surface area contributed by atoms with Crippen LogP contribution < -0.4 is 10.6 Å². The van der Waals surface area contributed by atoms with E-state index in [4.69, 9.17) is 0 Å². The highest BCUT2D eigenvalue weighted by atomic mass is 19.4. The van der Waals surface area contributed by atoms with Gasteiger partial charge >= 0.3 is 6.18 Å². The summed E-state index contributed by atoms with van der Waals surface area (Å²) in [6, 6.07) is 15.0. The van der Waals surface area contributed by atoms with Crippen LogP contribution in [-0.2, 0) is 19.3 Å². The maximum absolute atomic E-state index is 12.8. The SMILES string of the molecule is CN=C(NCc1cccc(C(F)(F)F)c1)NCc1ccnc2ccccc12. The highest BCUT2D eigenvalue weighted by Crippen LogP contribution is 2.29. The van der Waals surface area contributed by atoms with Crippen molar-refractivity contribution in [3.63, 3.8) is 0 Å². The van der Waals surface area contributed by atoms with Crippen LogP contribution in [0.2, 0.25) is 0 Å². The molecule has 1 aromatic heterocycles. The Morgan fingerprint density at radius 3 is 2.56 bits per heavy atom. The van der Waals surface area contributed by atoms with Crippen molar-refractivity contribution >= 4 is 16.9 Å². The molecule has 140 valence electrons. The molecule has 4 nitrogen and oxygen atoms in total. The number of para-hydroxylation sites is 1. The van der Waals surface area contributed by atoms with Crippen LogP contribution in [0, 0.1) is 0 Å². The molecule has 3 aromatic rings. The molecular weight excluding hydrogens is 353 g/mol. The molecule has 0 spiro atoms. The number of fused-ring (bicyclic) bond motifs is 1. The summed E-state index contributed by atoms with van der Waals surface area (Å²) in [6.07, 6.45) is -2.60. The number of aliphatic imine (C=N–C) groups is 1. The number of pyridine rings is 1. The topological polar surface area (TPSA) is 49.3 Å². The van der Waals surface area contributed by atoms with Gasteiger partial charge in [0, 0.05) is 31.7 Å². The molecule has 3 rings (SSSR count). The summed E-state index contributed by atoms with van der Waals surface area (Å²) in [5, 5.41) is 7.26. The van der Waals surface area contributed by atoms with Gasteiger partial charge in [0.2, 0.25) is 0 Å². The monoisotopic (exact) mass is 372 g/mol. The van der Waals surface area contributed by atoms with E-state index >= 15 is 0 Å². The Bertz CT molecular complexity index is 946. The van der Waals surface area contributed by atoms with E-state index in [1.165, 1.54) is 6.07 Å². The van der Waals surface area contributed by atoms with E-state index in [-0.39, 0.29) is 6.54 Å². The van der Waals surface area contributed by atoms with Gasteiger partial charge in [-0.3, -0.25) is 9.98 Å². The molecule has 0 radical (unpaired) electrons. The lowest BCUT2D eigenvalue weighted by Gasteiger charge is -2.14. The second-order valence-corrected chi connectivity index (χ2v) is 5.96. The van der Waals surface area contributed by atoms with E-state index in [1.54, 1.807) is 19.3 Å². The van der Waals surface area contributed by atoms with Gasteiger partial charge in [0.05, 0.1) is 11.1 Å². The first-order chi connectivity index (χ1) is 13.0. The summed E-state index contributed by atoms with van der Waals surface area (Å²) in [5.41, 5.74) is 1.83. The number of hydrogen-bond acceptors (Lipinski definition) is 2. The largest absolute Gasteiger partial charge is 0.416 e. The molecule has 0 atom stereocenters. The zero-order chi connectivity index (χ0) is 19.3.